The van der Waals surface area contributed by atoms with Gasteiger partial charge in [-0.1, -0.05) is 33.3 Å². The predicted molar refractivity (Wildman–Crippen MR) is 120 cm³/mol. The number of aliphatic imine (C=N–C) groups is 1. The van der Waals surface area contributed by atoms with Crippen LogP contribution in [0.5, 0.6) is 11.5 Å². The number of esters is 1. The molecule has 0 N–H and O–H groups in total. The van der Waals surface area contributed by atoms with Crippen molar-refractivity contribution in [3.8, 4) is 11.5 Å². The van der Waals surface area contributed by atoms with E-state index < -0.39 is 11.8 Å². The van der Waals surface area contributed by atoms with Crippen molar-refractivity contribution in [3.63, 3.8) is 0 Å². The molecule has 6 nitrogen and oxygen atoms in total. The molecular formula is C25H33NO5. The van der Waals surface area contributed by atoms with Crippen LogP contribution >= 0.6 is 0 Å². The number of methoxy groups -OCH3 is 2. The molecule has 1 heterocycles. The number of allylic oxidation sites excluding steroid dienone is 2. The zero-order valence-corrected chi connectivity index (χ0v) is 19.4. The van der Waals surface area contributed by atoms with Crippen LogP contribution in [-0.4, -0.2) is 38.3 Å². The molecule has 0 amide bonds. The first-order valence-corrected chi connectivity index (χ1v) is 10.9. The minimum atomic E-state index is -0.640. The van der Waals surface area contributed by atoms with Crippen LogP contribution in [0.3, 0.4) is 0 Å². The molecule has 0 fully saturated rings. The first-order valence-electron chi connectivity index (χ1n) is 10.9. The van der Waals surface area contributed by atoms with E-state index in [1.165, 1.54) is 0 Å². The van der Waals surface area contributed by atoms with Crippen LogP contribution in [-0.2, 0) is 14.3 Å². The lowest BCUT2D eigenvalue weighted by Gasteiger charge is -2.39. The van der Waals surface area contributed by atoms with Crippen molar-refractivity contribution >= 4 is 17.5 Å². The summed E-state index contributed by atoms with van der Waals surface area (Å²) in [5.74, 6) is -0.222. The SMILES string of the molecule is CCCCOC(=O)C1C(C)=NC2=C(C(=O)CC(C)(C)C2)[C@@H]1c1ccc(OC)c(OC)c1. The minimum Gasteiger partial charge on any atom is -0.493 e. The Bertz CT molecular complexity index is 928. The molecule has 1 aromatic carbocycles. The van der Waals surface area contributed by atoms with E-state index in [2.05, 4.69) is 13.8 Å². The average molecular weight is 428 g/mol. The molecule has 168 valence electrons. The summed E-state index contributed by atoms with van der Waals surface area (Å²) in [4.78, 5) is 31.2. The largest absolute Gasteiger partial charge is 0.493 e. The van der Waals surface area contributed by atoms with E-state index in [4.69, 9.17) is 19.2 Å². The summed E-state index contributed by atoms with van der Waals surface area (Å²) in [7, 11) is 3.15. The Balaban J connectivity index is 2.12. The van der Waals surface area contributed by atoms with Gasteiger partial charge in [-0.15, -0.1) is 0 Å². The van der Waals surface area contributed by atoms with E-state index in [1.807, 2.05) is 32.0 Å². The number of ether oxygens (including phenoxy) is 3. The highest BCUT2D eigenvalue weighted by atomic mass is 16.5. The van der Waals surface area contributed by atoms with Gasteiger partial charge in [0.05, 0.1) is 20.8 Å². The highest BCUT2D eigenvalue weighted by Crippen LogP contribution is 2.48. The van der Waals surface area contributed by atoms with Crippen LogP contribution in [0, 0.1) is 11.3 Å². The molecule has 1 aromatic rings. The normalized spacial score (nSPS) is 22.5. The summed E-state index contributed by atoms with van der Waals surface area (Å²) in [6.07, 6.45) is 2.87. The van der Waals surface area contributed by atoms with Crippen LogP contribution in [0.15, 0.2) is 34.5 Å². The molecule has 1 aliphatic heterocycles. The third kappa shape index (κ3) is 4.68. The molecule has 0 spiro atoms. The van der Waals surface area contributed by atoms with E-state index in [9.17, 15) is 9.59 Å². The maximum atomic E-state index is 13.3. The summed E-state index contributed by atoms with van der Waals surface area (Å²) in [5, 5.41) is 0. The molecule has 0 bridgehead atoms. The highest BCUT2D eigenvalue weighted by molar-refractivity contribution is 6.09. The monoisotopic (exact) mass is 427 g/mol. The van der Waals surface area contributed by atoms with Crippen molar-refractivity contribution in [3.05, 3.63) is 35.0 Å². The quantitative estimate of drug-likeness (QED) is 0.459. The lowest BCUT2D eigenvalue weighted by molar-refractivity contribution is -0.146. The van der Waals surface area contributed by atoms with Gasteiger partial charge >= 0.3 is 5.97 Å². The number of unbranched alkanes of at least 4 members (excludes halogenated alkanes) is 1. The lowest BCUT2D eigenvalue weighted by atomic mass is 9.67. The summed E-state index contributed by atoms with van der Waals surface area (Å²) in [5.41, 5.74) is 2.78. The van der Waals surface area contributed by atoms with Crippen molar-refractivity contribution in [2.45, 2.75) is 59.3 Å². The Hall–Kier alpha value is -2.63. The van der Waals surface area contributed by atoms with Crippen molar-refractivity contribution in [1.82, 2.24) is 0 Å². The summed E-state index contributed by atoms with van der Waals surface area (Å²) in [6, 6.07) is 5.56. The second-order valence-electron chi connectivity index (χ2n) is 9.15. The number of hydrogen-bond acceptors (Lipinski definition) is 6. The fourth-order valence-corrected chi connectivity index (χ4v) is 4.56. The number of nitrogens with zero attached hydrogens (tertiary/aromatic N) is 1. The average Bonchev–Trinajstić information content (AvgIpc) is 2.71. The van der Waals surface area contributed by atoms with Crippen LogP contribution in [0.2, 0.25) is 0 Å². The van der Waals surface area contributed by atoms with Gasteiger partial charge in [0.25, 0.3) is 0 Å². The van der Waals surface area contributed by atoms with E-state index in [0.29, 0.717) is 42.2 Å². The highest BCUT2D eigenvalue weighted by Gasteiger charge is 2.46. The Morgan fingerprint density at radius 1 is 1.16 bits per heavy atom. The smallest absolute Gasteiger partial charge is 0.315 e. The van der Waals surface area contributed by atoms with Crippen molar-refractivity contribution in [2.75, 3.05) is 20.8 Å². The number of ketones is 1. The van der Waals surface area contributed by atoms with E-state index in [-0.39, 0.29) is 17.2 Å². The Kier molecular flexibility index (Phi) is 6.87. The second kappa shape index (κ2) is 9.25. The molecule has 0 saturated heterocycles. The van der Waals surface area contributed by atoms with Gasteiger partial charge in [0, 0.05) is 29.3 Å². The van der Waals surface area contributed by atoms with E-state index >= 15 is 0 Å². The van der Waals surface area contributed by atoms with Gasteiger partial charge in [0.1, 0.15) is 5.92 Å². The maximum Gasteiger partial charge on any atom is 0.315 e. The van der Waals surface area contributed by atoms with Crippen molar-refractivity contribution in [2.24, 2.45) is 16.3 Å². The van der Waals surface area contributed by atoms with Gasteiger partial charge in [0.2, 0.25) is 0 Å². The molecule has 2 aliphatic rings. The zero-order chi connectivity index (χ0) is 22.8. The molecule has 3 rings (SSSR count). The number of carbonyl (C=O) groups excluding carboxylic acids is 2. The fraction of sp³-hybridized carbons (Fsp3) is 0.560. The Labute approximate surface area is 184 Å². The van der Waals surface area contributed by atoms with Gasteiger partial charge in [-0.3, -0.25) is 14.6 Å². The second-order valence-corrected chi connectivity index (χ2v) is 9.15. The molecule has 1 aliphatic carbocycles. The summed E-state index contributed by atoms with van der Waals surface area (Å²) in [6.45, 7) is 8.43. The molecule has 1 unspecified atom stereocenters. The fourth-order valence-electron chi connectivity index (χ4n) is 4.56. The number of benzene rings is 1. The summed E-state index contributed by atoms with van der Waals surface area (Å²) >= 11 is 0. The van der Waals surface area contributed by atoms with Gasteiger partial charge < -0.3 is 14.2 Å². The van der Waals surface area contributed by atoms with Gasteiger partial charge in [-0.2, -0.15) is 0 Å². The summed E-state index contributed by atoms with van der Waals surface area (Å²) < 4.78 is 16.5. The maximum absolute atomic E-state index is 13.3. The van der Waals surface area contributed by atoms with Crippen molar-refractivity contribution < 1.29 is 23.8 Å². The predicted octanol–water partition coefficient (Wildman–Crippen LogP) is 4.86. The minimum absolute atomic E-state index is 0.0497. The molecule has 2 atom stereocenters. The first kappa shape index (κ1) is 23.0. The third-order valence-electron chi connectivity index (χ3n) is 6.07. The Morgan fingerprint density at radius 2 is 1.87 bits per heavy atom. The van der Waals surface area contributed by atoms with Crippen LogP contribution in [0.4, 0.5) is 0 Å². The number of rotatable bonds is 7. The number of Topliss-reactive ketones (excluding diaryl/α,β-unsaturated/α-hetero) is 1. The first-order chi connectivity index (χ1) is 14.7. The Morgan fingerprint density at radius 3 is 2.52 bits per heavy atom. The van der Waals surface area contributed by atoms with Gasteiger partial charge in [0.15, 0.2) is 17.3 Å². The molecule has 0 saturated carbocycles. The molecule has 31 heavy (non-hydrogen) atoms. The van der Waals surface area contributed by atoms with Crippen LogP contribution in [0.1, 0.15) is 64.9 Å². The van der Waals surface area contributed by atoms with E-state index in [1.54, 1.807) is 14.2 Å². The standard InChI is InChI=1S/C25H33NO5/c1-7-8-11-31-24(28)21-15(2)26-17-13-25(3,4)14-18(27)23(17)22(21)16-9-10-19(29-5)20(12-16)30-6/h9-10,12,21-22H,7-8,11,13-14H2,1-6H3/t21?,22-/m1/s1. The number of carbonyl (C=O) groups is 2. The van der Waals surface area contributed by atoms with E-state index in [0.717, 1.165) is 24.1 Å². The molecule has 0 aromatic heterocycles. The van der Waals surface area contributed by atoms with Crippen LogP contribution in [0.25, 0.3) is 0 Å². The van der Waals surface area contributed by atoms with Crippen molar-refractivity contribution in [1.29, 1.82) is 0 Å². The molecule has 0 radical (unpaired) electrons. The topological polar surface area (TPSA) is 74.2 Å². The number of hydrogen-bond donors (Lipinski definition) is 0. The zero-order valence-electron chi connectivity index (χ0n) is 19.4. The molecular weight excluding hydrogens is 394 g/mol. The van der Waals surface area contributed by atoms with Gasteiger partial charge in [-0.05, 0) is 42.9 Å². The molecule has 6 heteroatoms. The third-order valence-corrected chi connectivity index (χ3v) is 6.07. The van der Waals surface area contributed by atoms with Crippen LogP contribution < -0.4 is 9.47 Å². The lowest BCUT2D eigenvalue weighted by Crippen LogP contribution is -2.39. The van der Waals surface area contributed by atoms with Gasteiger partial charge in [-0.25, -0.2) is 0 Å².